The van der Waals surface area contributed by atoms with Crippen LogP contribution >= 0.6 is 0 Å². The van der Waals surface area contributed by atoms with Gasteiger partial charge in [0.15, 0.2) is 6.04 Å². The van der Waals surface area contributed by atoms with Gasteiger partial charge in [-0.05, 0) is 56.2 Å². The van der Waals surface area contributed by atoms with Crippen molar-refractivity contribution in [2.45, 2.75) is 51.6 Å². The normalized spacial score (nSPS) is 20.7. The predicted octanol–water partition coefficient (Wildman–Crippen LogP) is 3.83. The summed E-state index contributed by atoms with van der Waals surface area (Å²) >= 11 is 0. The van der Waals surface area contributed by atoms with E-state index in [1.807, 2.05) is 55.5 Å². The molecule has 1 fully saturated rings. The standard InChI is InChI=1S/C23H30N2O2/c1-16-9-12-19(13-10-16)24-22(18-7-5-4-6-8-18)23(26)25-20-15-17(2)11-14-21(20)27-3/h4-8,11,14-16,19,22,24H,9-10,12-13H2,1-3H3,(H,25,26)/p+1/t16?,19?,22-/m1/s1. The van der Waals surface area contributed by atoms with Crippen LogP contribution < -0.4 is 15.4 Å². The second-order valence-corrected chi connectivity index (χ2v) is 7.79. The Morgan fingerprint density at radius 1 is 1.11 bits per heavy atom. The van der Waals surface area contributed by atoms with Crippen molar-refractivity contribution in [3.63, 3.8) is 0 Å². The largest absolute Gasteiger partial charge is 0.495 e. The van der Waals surface area contributed by atoms with Crippen LogP contribution in [0.5, 0.6) is 5.75 Å². The first-order valence-corrected chi connectivity index (χ1v) is 9.92. The van der Waals surface area contributed by atoms with Gasteiger partial charge in [0.25, 0.3) is 5.91 Å². The Balaban J connectivity index is 1.80. The molecule has 3 N–H and O–H groups in total. The zero-order chi connectivity index (χ0) is 19.2. The third-order valence-corrected chi connectivity index (χ3v) is 5.58. The summed E-state index contributed by atoms with van der Waals surface area (Å²) in [5.41, 5.74) is 2.86. The van der Waals surface area contributed by atoms with Crippen LogP contribution in [-0.4, -0.2) is 19.1 Å². The highest BCUT2D eigenvalue weighted by Crippen LogP contribution is 2.27. The molecule has 1 saturated carbocycles. The molecule has 1 aliphatic rings. The highest BCUT2D eigenvalue weighted by atomic mass is 16.5. The Kier molecular flexibility index (Phi) is 6.51. The molecule has 1 aliphatic carbocycles. The van der Waals surface area contributed by atoms with Gasteiger partial charge in [-0.15, -0.1) is 0 Å². The Hall–Kier alpha value is -2.33. The van der Waals surface area contributed by atoms with Crippen molar-refractivity contribution in [2.24, 2.45) is 5.92 Å². The van der Waals surface area contributed by atoms with Crippen LogP contribution in [0.1, 0.15) is 49.8 Å². The summed E-state index contributed by atoms with van der Waals surface area (Å²) in [5, 5.41) is 5.37. The number of carbonyl (C=O) groups is 1. The van der Waals surface area contributed by atoms with E-state index in [1.54, 1.807) is 7.11 Å². The molecule has 0 saturated heterocycles. The zero-order valence-corrected chi connectivity index (χ0v) is 16.6. The van der Waals surface area contributed by atoms with Crippen LogP contribution in [0.3, 0.4) is 0 Å². The Morgan fingerprint density at radius 3 is 2.48 bits per heavy atom. The number of hydrogen-bond donors (Lipinski definition) is 2. The van der Waals surface area contributed by atoms with E-state index < -0.39 is 0 Å². The van der Waals surface area contributed by atoms with Gasteiger partial charge in [0.1, 0.15) is 5.75 Å². The lowest BCUT2D eigenvalue weighted by atomic mass is 9.86. The number of amides is 1. The Labute approximate surface area is 162 Å². The molecule has 2 aromatic carbocycles. The van der Waals surface area contributed by atoms with Crippen molar-refractivity contribution in [2.75, 3.05) is 12.4 Å². The second kappa shape index (κ2) is 9.05. The van der Waals surface area contributed by atoms with Crippen molar-refractivity contribution >= 4 is 11.6 Å². The summed E-state index contributed by atoms with van der Waals surface area (Å²) in [6.45, 7) is 4.33. The molecule has 0 spiro atoms. The number of hydrogen-bond acceptors (Lipinski definition) is 2. The van der Waals surface area contributed by atoms with Gasteiger partial charge < -0.3 is 15.4 Å². The number of quaternary nitrogens is 1. The maximum Gasteiger partial charge on any atom is 0.287 e. The molecule has 0 aromatic heterocycles. The van der Waals surface area contributed by atoms with Crippen molar-refractivity contribution < 1.29 is 14.8 Å². The van der Waals surface area contributed by atoms with Crippen LogP contribution in [0.2, 0.25) is 0 Å². The number of nitrogens with two attached hydrogens (primary N) is 1. The summed E-state index contributed by atoms with van der Waals surface area (Å²) in [6, 6.07) is 16.2. The summed E-state index contributed by atoms with van der Waals surface area (Å²) < 4.78 is 5.42. The molecule has 0 heterocycles. The van der Waals surface area contributed by atoms with E-state index in [4.69, 9.17) is 4.74 Å². The minimum atomic E-state index is -0.255. The first-order chi connectivity index (χ1) is 13.1. The van der Waals surface area contributed by atoms with E-state index in [-0.39, 0.29) is 11.9 Å². The van der Waals surface area contributed by atoms with Gasteiger partial charge in [-0.1, -0.05) is 43.3 Å². The number of rotatable bonds is 6. The summed E-state index contributed by atoms with van der Waals surface area (Å²) in [5.74, 6) is 1.49. The SMILES string of the molecule is COc1ccc(C)cc1NC(=O)[C@H]([NH2+]C1CCC(C)CC1)c1ccccc1. The van der Waals surface area contributed by atoms with Gasteiger partial charge in [-0.25, -0.2) is 0 Å². The number of anilines is 1. The molecule has 4 nitrogen and oxygen atoms in total. The average Bonchev–Trinajstić information content (AvgIpc) is 2.68. The molecule has 144 valence electrons. The van der Waals surface area contributed by atoms with Crippen LogP contribution in [-0.2, 0) is 4.79 Å². The van der Waals surface area contributed by atoms with E-state index in [9.17, 15) is 4.79 Å². The summed E-state index contributed by atoms with van der Waals surface area (Å²) in [7, 11) is 1.63. The maximum atomic E-state index is 13.2. The lowest BCUT2D eigenvalue weighted by molar-refractivity contribution is -0.717. The van der Waals surface area contributed by atoms with E-state index in [1.165, 1.54) is 25.7 Å². The Morgan fingerprint density at radius 2 is 1.81 bits per heavy atom. The number of methoxy groups -OCH3 is 1. The lowest BCUT2D eigenvalue weighted by Crippen LogP contribution is -2.92. The molecule has 3 rings (SSSR count). The molecule has 2 aromatic rings. The number of nitrogens with one attached hydrogen (secondary N) is 1. The summed E-state index contributed by atoms with van der Waals surface area (Å²) in [4.78, 5) is 13.2. The van der Waals surface area contributed by atoms with Crippen LogP contribution in [0.15, 0.2) is 48.5 Å². The summed E-state index contributed by atoms with van der Waals surface area (Å²) in [6.07, 6.45) is 4.84. The second-order valence-electron chi connectivity index (χ2n) is 7.79. The first kappa shape index (κ1) is 19.4. The molecular weight excluding hydrogens is 336 g/mol. The third kappa shape index (κ3) is 5.10. The fourth-order valence-electron chi connectivity index (χ4n) is 3.89. The van der Waals surface area contributed by atoms with Crippen LogP contribution in [0, 0.1) is 12.8 Å². The topological polar surface area (TPSA) is 54.9 Å². The van der Waals surface area contributed by atoms with Gasteiger partial charge in [0, 0.05) is 5.56 Å². The van der Waals surface area contributed by atoms with Crippen molar-refractivity contribution in [1.82, 2.24) is 0 Å². The molecule has 0 unspecified atom stereocenters. The van der Waals surface area contributed by atoms with E-state index >= 15 is 0 Å². The van der Waals surface area contributed by atoms with E-state index in [2.05, 4.69) is 17.6 Å². The van der Waals surface area contributed by atoms with Gasteiger partial charge in [-0.3, -0.25) is 4.79 Å². The van der Waals surface area contributed by atoms with Crippen molar-refractivity contribution in [1.29, 1.82) is 0 Å². The van der Waals surface area contributed by atoms with E-state index in [0.717, 1.165) is 22.7 Å². The highest BCUT2D eigenvalue weighted by Gasteiger charge is 2.30. The molecule has 4 heteroatoms. The van der Waals surface area contributed by atoms with Gasteiger partial charge in [0.05, 0.1) is 18.8 Å². The lowest BCUT2D eigenvalue weighted by Gasteiger charge is -2.28. The fraction of sp³-hybridized carbons (Fsp3) is 0.435. The molecule has 0 aliphatic heterocycles. The van der Waals surface area contributed by atoms with Gasteiger partial charge in [0.2, 0.25) is 0 Å². The minimum Gasteiger partial charge on any atom is -0.495 e. The molecule has 1 amide bonds. The molecule has 27 heavy (non-hydrogen) atoms. The number of benzene rings is 2. The smallest absolute Gasteiger partial charge is 0.287 e. The number of ether oxygens (including phenoxy) is 1. The average molecular weight is 368 g/mol. The van der Waals surface area contributed by atoms with Crippen molar-refractivity contribution in [3.05, 3.63) is 59.7 Å². The highest BCUT2D eigenvalue weighted by molar-refractivity contribution is 5.95. The minimum absolute atomic E-state index is 0.00345. The number of aryl methyl sites for hydroxylation is 1. The van der Waals surface area contributed by atoms with Crippen LogP contribution in [0.4, 0.5) is 5.69 Å². The zero-order valence-electron chi connectivity index (χ0n) is 16.6. The molecule has 0 radical (unpaired) electrons. The number of carbonyl (C=O) groups excluding carboxylic acids is 1. The van der Waals surface area contributed by atoms with Gasteiger partial charge >= 0.3 is 0 Å². The molecule has 1 atom stereocenters. The first-order valence-electron chi connectivity index (χ1n) is 9.92. The Bertz CT molecular complexity index is 752. The third-order valence-electron chi connectivity index (χ3n) is 5.58. The fourth-order valence-corrected chi connectivity index (χ4v) is 3.89. The van der Waals surface area contributed by atoms with E-state index in [0.29, 0.717) is 11.8 Å². The quantitative estimate of drug-likeness (QED) is 0.815. The molecular formula is C23H31N2O2+. The maximum absolute atomic E-state index is 13.2. The molecule has 0 bridgehead atoms. The van der Waals surface area contributed by atoms with Gasteiger partial charge in [-0.2, -0.15) is 0 Å². The predicted molar refractivity (Wildman–Crippen MR) is 109 cm³/mol. The monoisotopic (exact) mass is 367 g/mol. The van der Waals surface area contributed by atoms with Crippen LogP contribution in [0.25, 0.3) is 0 Å². The van der Waals surface area contributed by atoms with Crippen molar-refractivity contribution in [3.8, 4) is 5.75 Å².